The zero-order chi connectivity index (χ0) is 25.0. The Hall–Kier alpha value is -3.60. The number of nitrogens with one attached hydrogen (secondary N) is 1. The van der Waals surface area contributed by atoms with Crippen molar-refractivity contribution in [3.63, 3.8) is 0 Å². The van der Waals surface area contributed by atoms with Crippen molar-refractivity contribution in [2.75, 3.05) is 13.1 Å². The van der Waals surface area contributed by atoms with Gasteiger partial charge in [-0.15, -0.1) is 0 Å². The van der Waals surface area contributed by atoms with E-state index >= 15 is 0 Å². The van der Waals surface area contributed by atoms with Crippen molar-refractivity contribution in [3.8, 4) is 0 Å². The molecule has 0 aliphatic carbocycles. The average Bonchev–Trinajstić information content (AvgIpc) is 3.30. The summed E-state index contributed by atoms with van der Waals surface area (Å²) in [7, 11) is 0. The van der Waals surface area contributed by atoms with Gasteiger partial charge in [0.25, 0.3) is 17.8 Å². The van der Waals surface area contributed by atoms with E-state index in [1.807, 2.05) is 44.2 Å². The van der Waals surface area contributed by atoms with Crippen LogP contribution in [0.3, 0.4) is 0 Å². The number of hydrogen-bond acceptors (Lipinski definition) is 9. The van der Waals surface area contributed by atoms with Crippen LogP contribution >= 0.6 is 0 Å². The zero-order valence-corrected chi connectivity index (χ0v) is 19.8. The number of amides is 1. The van der Waals surface area contributed by atoms with Crippen molar-refractivity contribution in [2.24, 2.45) is 5.92 Å². The molecule has 0 unspecified atom stereocenters. The Morgan fingerprint density at radius 3 is 2.37 bits per heavy atom. The third-order valence-electron chi connectivity index (χ3n) is 6.38. The topological polar surface area (TPSA) is 128 Å². The summed E-state index contributed by atoms with van der Waals surface area (Å²) in [6.07, 6.45) is 4.92. The van der Waals surface area contributed by atoms with Gasteiger partial charge in [-0.25, -0.2) is 4.98 Å². The van der Waals surface area contributed by atoms with Crippen LogP contribution in [0.5, 0.6) is 0 Å². The van der Waals surface area contributed by atoms with Crippen LogP contribution in [-0.2, 0) is 30.1 Å². The predicted octanol–water partition coefficient (Wildman–Crippen LogP) is 1.55. The second kappa shape index (κ2) is 10.3. The van der Waals surface area contributed by atoms with E-state index in [-0.39, 0.29) is 43.3 Å². The Balaban J connectivity index is 1.59. The molecule has 2 atom stereocenters. The van der Waals surface area contributed by atoms with Gasteiger partial charge in [0.05, 0.1) is 25.3 Å². The molecule has 3 heterocycles. The van der Waals surface area contributed by atoms with Gasteiger partial charge < -0.3 is 19.4 Å². The summed E-state index contributed by atoms with van der Waals surface area (Å²) in [4.78, 5) is 60.3. The molecule has 0 spiro atoms. The smallest absolute Gasteiger partial charge is 0.435 e. The Morgan fingerprint density at radius 1 is 1.09 bits per heavy atom. The third-order valence-corrected chi connectivity index (χ3v) is 6.38. The molecule has 2 aliphatic rings. The minimum absolute atomic E-state index is 0.0342. The van der Waals surface area contributed by atoms with Crippen molar-refractivity contribution in [2.45, 2.75) is 45.0 Å². The second-order valence-electron chi connectivity index (χ2n) is 9.48. The van der Waals surface area contributed by atoms with Gasteiger partial charge in [-0.3, -0.25) is 24.2 Å². The van der Waals surface area contributed by atoms with Gasteiger partial charge in [-0.1, -0.05) is 56.4 Å². The number of carbonyl (C=O) groups is 4. The van der Waals surface area contributed by atoms with E-state index in [0.717, 1.165) is 5.56 Å². The summed E-state index contributed by atoms with van der Waals surface area (Å²) in [6.45, 7) is 1.44. The molecule has 2 saturated heterocycles. The molecule has 10 nitrogen and oxygen atoms in total. The monoisotopic (exact) mass is 479 g/mol. The van der Waals surface area contributed by atoms with Crippen LogP contribution in [-0.4, -0.2) is 64.2 Å². The third kappa shape index (κ3) is 5.56. The molecular formula is C24H28BN4O6-. The van der Waals surface area contributed by atoms with Crippen LogP contribution in [0.2, 0.25) is 5.82 Å². The second-order valence-corrected chi connectivity index (χ2v) is 9.48. The van der Waals surface area contributed by atoms with Gasteiger partial charge in [0.1, 0.15) is 5.69 Å². The van der Waals surface area contributed by atoms with Crippen LogP contribution in [0, 0.1) is 5.92 Å². The molecule has 0 radical (unpaired) electrons. The quantitative estimate of drug-likeness (QED) is 0.505. The average molecular weight is 479 g/mol. The number of aromatic nitrogens is 2. The minimum atomic E-state index is -2.43. The predicted molar refractivity (Wildman–Crippen MR) is 126 cm³/mol. The maximum atomic E-state index is 13.7. The SMILES string of the molecule is CC(C)C[C@H](CC(=O)[C@H](Cc1ccccc1)NC(=O)c1cnccn1)[B-]12OC(=O)CN1CC(=O)O2. The summed E-state index contributed by atoms with van der Waals surface area (Å²) in [5.74, 6) is -2.11. The molecule has 0 saturated carbocycles. The Morgan fingerprint density at radius 2 is 1.77 bits per heavy atom. The van der Waals surface area contributed by atoms with Crippen molar-refractivity contribution in [1.82, 2.24) is 20.1 Å². The van der Waals surface area contributed by atoms with Crippen molar-refractivity contribution >= 4 is 30.3 Å². The summed E-state index contributed by atoms with van der Waals surface area (Å²) in [5, 5.41) is 2.79. The highest BCUT2D eigenvalue weighted by Crippen LogP contribution is 2.42. The van der Waals surface area contributed by atoms with E-state index in [1.165, 1.54) is 18.6 Å². The van der Waals surface area contributed by atoms with E-state index < -0.39 is 36.4 Å². The maximum Gasteiger partial charge on any atom is 0.435 e. The van der Waals surface area contributed by atoms with Crippen LogP contribution in [0.4, 0.5) is 0 Å². The molecule has 11 heteroatoms. The molecule has 2 aromatic rings. The molecule has 0 bridgehead atoms. The Bertz CT molecular complexity index is 1080. The fraction of sp³-hybridized carbons (Fsp3) is 0.417. The molecule has 2 fully saturated rings. The van der Waals surface area contributed by atoms with Gasteiger partial charge in [0.2, 0.25) is 0 Å². The van der Waals surface area contributed by atoms with E-state index in [1.54, 1.807) is 4.81 Å². The van der Waals surface area contributed by atoms with Gasteiger partial charge in [-0.05, 0) is 24.3 Å². The first-order valence-electron chi connectivity index (χ1n) is 11.7. The van der Waals surface area contributed by atoms with E-state index in [0.29, 0.717) is 6.42 Å². The van der Waals surface area contributed by atoms with Crippen LogP contribution in [0.1, 0.15) is 42.7 Å². The number of carbonyl (C=O) groups excluding carboxylic acids is 4. The largest absolute Gasteiger partial charge is 0.642 e. The van der Waals surface area contributed by atoms with Gasteiger partial charge in [0, 0.05) is 12.4 Å². The summed E-state index contributed by atoms with van der Waals surface area (Å²) in [5.41, 5.74) is 0.969. The highest BCUT2D eigenvalue weighted by Gasteiger charge is 2.56. The molecule has 1 amide bonds. The molecule has 4 rings (SSSR count). The summed E-state index contributed by atoms with van der Waals surface area (Å²) < 4.78 is 11.2. The molecule has 1 aromatic heterocycles. The molecule has 1 N–H and O–H groups in total. The lowest BCUT2D eigenvalue weighted by Crippen LogP contribution is -2.53. The highest BCUT2D eigenvalue weighted by molar-refractivity contribution is 6.72. The first kappa shape index (κ1) is 24.5. The highest BCUT2D eigenvalue weighted by atomic mass is 16.7. The Kier molecular flexibility index (Phi) is 7.25. The van der Waals surface area contributed by atoms with Gasteiger partial charge in [-0.2, -0.15) is 0 Å². The number of Topliss-reactive ketones (excluding diaryl/α,β-unsaturated/α-hetero) is 1. The van der Waals surface area contributed by atoms with Crippen molar-refractivity contribution in [1.29, 1.82) is 0 Å². The lowest BCUT2D eigenvalue weighted by atomic mass is 9.53. The zero-order valence-electron chi connectivity index (χ0n) is 19.8. The lowest BCUT2D eigenvalue weighted by molar-refractivity contribution is -0.138. The summed E-state index contributed by atoms with van der Waals surface area (Å²) in [6, 6.07) is 8.48. The van der Waals surface area contributed by atoms with Crippen LogP contribution < -0.4 is 5.32 Å². The molecule has 35 heavy (non-hydrogen) atoms. The first-order valence-corrected chi connectivity index (χ1v) is 11.7. The minimum Gasteiger partial charge on any atom is -0.642 e. The first-order chi connectivity index (χ1) is 16.8. The number of fused-ring (bicyclic) bond motifs is 1. The lowest BCUT2D eigenvalue weighted by Gasteiger charge is -2.42. The number of ketones is 1. The molecule has 184 valence electrons. The van der Waals surface area contributed by atoms with Gasteiger partial charge in [0.15, 0.2) is 5.78 Å². The van der Waals surface area contributed by atoms with Crippen molar-refractivity contribution in [3.05, 3.63) is 60.2 Å². The fourth-order valence-electron chi connectivity index (χ4n) is 4.91. The number of benzene rings is 1. The maximum absolute atomic E-state index is 13.7. The standard InChI is InChI=1S/C24H28BN4O6/c1-16(2)10-18(25-29(14-22(31)34-25)15-23(32)35-25)12-21(30)19(11-17-6-4-3-5-7-17)28-24(33)20-13-26-8-9-27-20/h3-9,13,16,18-19H,10-12,14-15H2,1-2H3,(H,28,33)/q-1/t18-,19+/m1/s1. The number of rotatable bonds is 10. The normalized spacial score (nSPS) is 18.5. The van der Waals surface area contributed by atoms with E-state index in [9.17, 15) is 19.2 Å². The molecular weight excluding hydrogens is 451 g/mol. The van der Waals surface area contributed by atoms with Crippen LogP contribution in [0.15, 0.2) is 48.9 Å². The number of hydrogen-bond donors (Lipinski definition) is 1. The number of nitrogens with zero attached hydrogens (tertiary/aromatic N) is 3. The fourth-order valence-corrected chi connectivity index (χ4v) is 4.91. The molecule has 2 aliphatic heterocycles. The van der Waals surface area contributed by atoms with E-state index in [2.05, 4.69) is 15.3 Å². The van der Waals surface area contributed by atoms with E-state index in [4.69, 9.17) is 9.31 Å². The molecule has 1 aromatic carbocycles. The Labute approximate surface area is 203 Å². The van der Waals surface area contributed by atoms with Crippen LogP contribution in [0.25, 0.3) is 0 Å². The summed E-state index contributed by atoms with van der Waals surface area (Å²) >= 11 is 0. The van der Waals surface area contributed by atoms with Crippen molar-refractivity contribution < 1.29 is 28.5 Å². The van der Waals surface area contributed by atoms with Gasteiger partial charge >= 0.3 is 6.69 Å².